The number of carbonyl (C=O) groups is 2. The van der Waals surface area contributed by atoms with E-state index in [0.717, 1.165) is 74.1 Å². The number of ether oxygens (including phenoxy) is 1. The molecule has 39 heavy (non-hydrogen) atoms. The van der Waals surface area contributed by atoms with Gasteiger partial charge in [-0.1, -0.05) is 55.3 Å². The van der Waals surface area contributed by atoms with Crippen LogP contribution in [0.3, 0.4) is 0 Å². The molecule has 1 N–H and O–H groups in total. The highest BCUT2D eigenvalue weighted by atomic mass is 32.1. The zero-order chi connectivity index (χ0) is 28.1. The number of hydrogen-bond acceptors (Lipinski definition) is 6. The molecule has 1 saturated carbocycles. The summed E-state index contributed by atoms with van der Waals surface area (Å²) >= 11 is 1.47. The minimum absolute atomic E-state index is 0.0355. The SMILES string of the molecule is O=C(O[C@H]1C[N+]2(C/C=C/c3ccccc3)CCC1CC2)[C@@](O)(c1cccs1)C1CCCC1.O=C([O-])C(F)(F)F. The van der Waals surface area contributed by atoms with Crippen LogP contribution in [0.4, 0.5) is 13.2 Å². The summed E-state index contributed by atoms with van der Waals surface area (Å²) in [7, 11) is 0. The molecule has 10 heteroatoms. The lowest BCUT2D eigenvalue weighted by Crippen LogP contribution is -2.65. The van der Waals surface area contributed by atoms with E-state index < -0.39 is 23.7 Å². The van der Waals surface area contributed by atoms with E-state index in [2.05, 4.69) is 36.4 Å². The first kappa shape index (κ1) is 29.3. The number of carboxylic acids is 1. The average molecular weight is 566 g/mol. The fraction of sp³-hybridized carbons (Fsp3) is 0.517. The van der Waals surface area contributed by atoms with Gasteiger partial charge >= 0.3 is 12.1 Å². The van der Waals surface area contributed by atoms with Crippen molar-refractivity contribution in [3.05, 3.63) is 64.4 Å². The molecule has 2 aromatic rings. The molecule has 0 spiro atoms. The number of benzene rings is 1. The first-order chi connectivity index (χ1) is 18.5. The van der Waals surface area contributed by atoms with Crippen LogP contribution < -0.4 is 5.11 Å². The van der Waals surface area contributed by atoms with Crippen LogP contribution in [0.15, 0.2) is 53.9 Å². The topological polar surface area (TPSA) is 86.7 Å². The minimum atomic E-state index is -5.19. The predicted octanol–water partition coefficient (Wildman–Crippen LogP) is 4.29. The second-order valence-electron chi connectivity index (χ2n) is 10.8. The smallest absolute Gasteiger partial charge is 0.430 e. The second kappa shape index (κ2) is 12.2. The third kappa shape index (κ3) is 6.91. The van der Waals surface area contributed by atoms with E-state index in [1.807, 2.05) is 23.6 Å². The van der Waals surface area contributed by atoms with Gasteiger partial charge in [0, 0.05) is 29.6 Å². The molecule has 1 aromatic carbocycles. The van der Waals surface area contributed by atoms with Crippen LogP contribution in [0.25, 0.3) is 6.08 Å². The Hall–Kier alpha value is -2.69. The maximum Gasteiger partial charge on any atom is 0.430 e. The van der Waals surface area contributed by atoms with Crippen molar-refractivity contribution >= 4 is 29.4 Å². The number of rotatable bonds is 7. The van der Waals surface area contributed by atoms with Gasteiger partial charge in [-0.3, -0.25) is 0 Å². The molecule has 0 radical (unpaired) electrons. The van der Waals surface area contributed by atoms with E-state index in [9.17, 15) is 23.1 Å². The zero-order valence-electron chi connectivity index (χ0n) is 21.6. The highest BCUT2D eigenvalue weighted by Gasteiger charge is 2.52. The number of hydrogen-bond donors (Lipinski definition) is 1. The summed E-state index contributed by atoms with van der Waals surface area (Å²) in [6.45, 7) is 4.12. The molecule has 6 nitrogen and oxygen atoms in total. The minimum Gasteiger partial charge on any atom is -0.542 e. The fourth-order valence-corrected chi connectivity index (χ4v) is 7.01. The molecule has 3 saturated heterocycles. The van der Waals surface area contributed by atoms with Gasteiger partial charge in [0.15, 0.2) is 11.7 Å². The number of halogens is 3. The number of fused-ring (bicyclic) bond motifs is 3. The summed E-state index contributed by atoms with van der Waals surface area (Å²) < 4.78 is 38.7. The maximum absolute atomic E-state index is 13.5. The van der Waals surface area contributed by atoms with Crippen LogP contribution in [-0.4, -0.2) is 60.0 Å². The molecular formula is C29H34F3NO5S. The van der Waals surface area contributed by atoms with E-state index in [0.29, 0.717) is 5.92 Å². The summed E-state index contributed by atoms with van der Waals surface area (Å²) in [6.07, 6.45) is 5.31. The van der Waals surface area contributed by atoms with E-state index in [1.165, 1.54) is 16.9 Å². The fourth-order valence-electron chi connectivity index (χ4n) is 6.12. The lowest BCUT2D eigenvalue weighted by Gasteiger charge is -2.52. The molecule has 1 aromatic heterocycles. The van der Waals surface area contributed by atoms with Crippen molar-refractivity contribution < 1.29 is 42.2 Å². The first-order valence-corrected chi connectivity index (χ1v) is 14.2. The van der Waals surface area contributed by atoms with E-state index in [1.54, 1.807) is 0 Å². The molecular weight excluding hydrogens is 531 g/mol. The number of alkyl halides is 3. The van der Waals surface area contributed by atoms with Crippen molar-refractivity contribution in [2.75, 3.05) is 26.2 Å². The number of aliphatic hydroxyl groups is 1. The van der Waals surface area contributed by atoms with Gasteiger partial charge in [0.1, 0.15) is 12.5 Å². The lowest BCUT2D eigenvalue weighted by molar-refractivity contribution is -0.941. The molecule has 2 bridgehead atoms. The van der Waals surface area contributed by atoms with Gasteiger partial charge in [-0.25, -0.2) is 4.79 Å². The van der Waals surface area contributed by atoms with Crippen LogP contribution in [0.2, 0.25) is 0 Å². The van der Waals surface area contributed by atoms with Gasteiger partial charge in [0.05, 0.1) is 19.6 Å². The zero-order valence-corrected chi connectivity index (χ0v) is 22.5. The van der Waals surface area contributed by atoms with Crippen molar-refractivity contribution in [1.82, 2.24) is 0 Å². The van der Waals surface area contributed by atoms with Gasteiger partial charge in [0.25, 0.3) is 0 Å². The highest BCUT2D eigenvalue weighted by Crippen LogP contribution is 2.44. The average Bonchev–Trinajstić information content (AvgIpc) is 3.65. The Kier molecular flexibility index (Phi) is 9.18. The van der Waals surface area contributed by atoms with E-state index >= 15 is 0 Å². The number of esters is 1. The molecule has 6 rings (SSSR count). The van der Waals surface area contributed by atoms with Gasteiger partial charge in [-0.2, -0.15) is 13.2 Å². The van der Waals surface area contributed by atoms with Gasteiger partial charge < -0.3 is 24.2 Å². The number of nitrogens with zero attached hydrogens (tertiary/aromatic N) is 1. The van der Waals surface area contributed by atoms with Gasteiger partial charge in [-0.15, -0.1) is 11.3 Å². The monoisotopic (exact) mass is 565 g/mol. The van der Waals surface area contributed by atoms with Crippen LogP contribution in [-0.2, 0) is 19.9 Å². The maximum atomic E-state index is 13.5. The summed E-state index contributed by atoms with van der Waals surface area (Å²) in [5.74, 6) is -3.03. The van der Waals surface area contributed by atoms with Crippen LogP contribution in [0.5, 0.6) is 0 Å². The number of quaternary nitrogens is 1. The molecule has 3 aliphatic heterocycles. The summed E-state index contributed by atoms with van der Waals surface area (Å²) in [6, 6.07) is 14.2. The second-order valence-corrected chi connectivity index (χ2v) is 11.7. The number of piperidine rings is 3. The standard InChI is InChI=1S/C27H34NO3S.C2HF3O2/c29-26(27(30,23-11-4-5-12-23)25-13-7-19-32-25)31-24-20-28(17-14-22(24)15-18-28)16-6-10-21-8-2-1-3-9-21;3-2(4,5)1(6)7/h1-3,6-10,13,19,22-24,30H,4-5,11-12,14-18,20H2;(H,6,7)/q+1;/p-1/b10-6+;/t22?,24-,27-,28?;/m0./s1. The molecule has 4 fully saturated rings. The quantitative estimate of drug-likeness (QED) is 0.400. The molecule has 4 aliphatic rings. The van der Waals surface area contributed by atoms with Crippen LogP contribution in [0, 0.1) is 11.8 Å². The Morgan fingerprint density at radius 2 is 1.69 bits per heavy atom. The number of thiophene rings is 1. The summed E-state index contributed by atoms with van der Waals surface area (Å²) in [4.78, 5) is 23.0. The molecule has 0 amide bonds. The van der Waals surface area contributed by atoms with E-state index in [-0.39, 0.29) is 12.0 Å². The third-order valence-electron chi connectivity index (χ3n) is 8.29. The van der Waals surface area contributed by atoms with Crippen molar-refractivity contribution in [2.24, 2.45) is 11.8 Å². The van der Waals surface area contributed by atoms with Crippen molar-refractivity contribution in [1.29, 1.82) is 0 Å². The Bertz CT molecular complexity index is 1120. The Morgan fingerprint density at radius 1 is 1.05 bits per heavy atom. The Morgan fingerprint density at radius 3 is 2.26 bits per heavy atom. The molecule has 212 valence electrons. The van der Waals surface area contributed by atoms with Crippen LogP contribution in [0.1, 0.15) is 49.0 Å². The van der Waals surface area contributed by atoms with Gasteiger partial charge in [0.2, 0.25) is 0 Å². The van der Waals surface area contributed by atoms with Crippen molar-refractivity contribution in [3.8, 4) is 0 Å². The third-order valence-corrected chi connectivity index (χ3v) is 9.28. The molecule has 0 unspecified atom stereocenters. The van der Waals surface area contributed by atoms with Crippen molar-refractivity contribution in [2.45, 2.75) is 56.4 Å². The predicted molar refractivity (Wildman–Crippen MR) is 139 cm³/mol. The summed E-state index contributed by atoms with van der Waals surface area (Å²) in [5.41, 5.74) is -0.271. The number of carbonyl (C=O) groups excluding carboxylic acids is 2. The molecule has 1 aliphatic carbocycles. The molecule has 4 heterocycles. The highest BCUT2D eigenvalue weighted by molar-refractivity contribution is 7.10. The lowest BCUT2D eigenvalue weighted by atomic mass is 9.82. The van der Waals surface area contributed by atoms with E-state index in [4.69, 9.17) is 14.6 Å². The molecule has 2 atom stereocenters. The number of carboxylic acid groups (broad SMARTS) is 1. The number of aliphatic carboxylic acids is 1. The summed E-state index contributed by atoms with van der Waals surface area (Å²) in [5, 5.41) is 22.4. The van der Waals surface area contributed by atoms with Crippen LogP contribution >= 0.6 is 11.3 Å². The Balaban J connectivity index is 0.000000448. The first-order valence-electron chi connectivity index (χ1n) is 13.4. The van der Waals surface area contributed by atoms with Gasteiger partial charge in [-0.05, 0) is 35.9 Å². The normalized spacial score (nSPS) is 26.6. The van der Waals surface area contributed by atoms with Crippen molar-refractivity contribution in [3.63, 3.8) is 0 Å². The largest absolute Gasteiger partial charge is 0.542 e. The Labute approximate surface area is 230 Å².